The SMILES string of the molecule is NCCNC(=O)NC1CCOCC1. The summed E-state index contributed by atoms with van der Waals surface area (Å²) in [5.41, 5.74) is 5.25. The largest absolute Gasteiger partial charge is 0.381 e. The molecule has 0 aromatic rings. The van der Waals surface area contributed by atoms with Gasteiger partial charge in [0.2, 0.25) is 0 Å². The predicted molar refractivity (Wildman–Crippen MR) is 49.4 cm³/mol. The summed E-state index contributed by atoms with van der Waals surface area (Å²) in [6, 6.07) is 0.129. The van der Waals surface area contributed by atoms with Gasteiger partial charge in [0.05, 0.1) is 0 Å². The van der Waals surface area contributed by atoms with Crippen LogP contribution >= 0.6 is 0 Å². The molecular formula is C8H17N3O2. The fourth-order valence-corrected chi connectivity index (χ4v) is 1.26. The zero-order valence-electron chi connectivity index (χ0n) is 7.71. The number of nitrogens with two attached hydrogens (primary N) is 1. The Labute approximate surface area is 78.0 Å². The second-order valence-electron chi connectivity index (χ2n) is 3.08. The van der Waals surface area contributed by atoms with Crippen LogP contribution in [0.4, 0.5) is 4.79 Å². The molecule has 0 unspecified atom stereocenters. The molecule has 0 spiro atoms. The van der Waals surface area contributed by atoms with Crippen LogP contribution in [0.25, 0.3) is 0 Å². The number of rotatable bonds is 3. The Morgan fingerprint density at radius 2 is 2.15 bits per heavy atom. The topological polar surface area (TPSA) is 76.4 Å². The number of hydrogen-bond donors (Lipinski definition) is 3. The van der Waals surface area contributed by atoms with E-state index < -0.39 is 0 Å². The quantitative estimate of drug-likeness (QED) is 0.553. The van der Waals surface area contributed by atoms with E-state index in [1.807, 2.05) is 0 Å². The molecule has 76 valence electrons. The van der Waals surface area contributed by atoms with Gasteiger partial charge in [-0.1, -0.05) is 0 Å². The lowest BCUT2D eigenvalue weighted by atomic mass is 10.1. The third-order valence-electron chi connectivity index (χ3n) is 1.99. The van der Waals surface area contributed by atoms with Gasteiger partial charge in [-0.15, -0.1) is 0 Å². The minimum atomic E-state index is -0.127. The van der Waals surface area contributed by atoms with Gasteiger partial charge in [-0.25, -0.2) is 4.79 Å². The average Bonchev–Trinajstić information content (AvgIpc) is 2.16. The van der Waals surface area contributed by atoms with Crippen molar-refractivity contribution in [2.45, 2.75) is 18.9 Å². The van der Waals surface area contributed by atoms with E-state index in [-0.39, 0.29) is 12.1 Å². The lowest BCUT2D eigenvalue weighted by Gasteiger charge is -2.23. The van der Waals surface area contributed by atoms with Crippen molar-refractivity contribution in [3.8, 4) is 0 Å². The Morgan fingerprint density at radius 3 is 2.77 bits per heavy atom. The fraction of sp³-hybridized carbons (Fsp3) is 0.875. The molecule has 1 rings (SSSR count). The number of carbonyl (C=O) groups excluding carboxylic acids is 1. The summed E-state index contributed by atoms with van der Waals surface area (Å²) in [6.07, 6.45) is 1.80. The van der Waals surface area contributed by atoms with E-state index in [1.165, 1.54) is 0 Å². The van der Waals surface area contributed by atoms with Crippen molar-refractivity contribution in [3.63, 3.8) is 0 Å². The molecule has 4 N–H and O–H groups in total. The molecule has 5 heteroatoms. The number of carbonyl (C=O) groups is 1. The minimum absolute atomic E-state index is 0.127. The molecule has 5 nitrogen and oxygen atoms in total. The van der Waals surface area contributed by atoms with Gasteiger partial charge in [0.1, 0.15) is 0 Å². The summed E-state index contributed by atoms with van der Waals surface area (Å²) in [7, 11) is 0. The molecule has 0 saturated carbocycles. The standard InChI is InChI=1S/C8H17N3O2/c9-3-4-10-8(12)11-7-1-5-13-6-2-7/h7H,1-6,9H2,(H2,10,11,12). The van der Waals surface area contributed by atoms with E-state index in [1.54, 1.807) is 0 Å². The summed E-state index contributed by atoms with van der Waals surface area (Å²) in [5.74, 6) is 0. The third kappa shape index (κ3) is 4.10. The smallest absolute Gasteiger partial charge is 0.315 e. The highest BCUT2D eigenvalue weighted by Gasteiger charge is 2.15. The molecule has 0 bridgehead atoms. The first-order valence-electron chi connectivity index (χ1n) is 4.65. The maximum absolute atomic E-state index is 11.2. The molecule has 2 amide bonds. The van der Waals surface area contributed by atoms with Gasteiger partial charge in [-0.05, 0) is 12.8 Å². The molecule has 1 aliphatic heterocycles. The van der Waals surface area contributed by atoms with E-state index in [9.17, 15) is 4.79 Å². The highest BCUT2D eigenvalue weighted by atomic mass is 16.5. The van der Waals surface area contributed by atoms with E-state index in [4.69, 9.17) is 10.5 Å². The molecule has 0 aromatic heterocycles. The van der Waals surface area contributed by atoms with Crippen LogP contribution in [0, 0.1) is 0 Å². The summed E-state index contributed by atoms with van der Waals surface area (Å²) in [5, 5.41) is 5.53. The van der Waals surface area contributed by atoms with Crippen LogP contribution in [-0.2, 0) is 4.74 Å². The first-order valence-corrected chi connectivity index (χ1v) is 4.65. The van der Waals surface area contributed by atoms with Crippen molar-refractivity contribution in [1.82, 2.24) is 10.6 Å². The fourth-order valence-electron chi connectivity index (χ4n) is 1.26. The summed E-state index contributed by atoms with van der Waals surface area (Å²) < 4.78 is 5.17. The third-order valence-corrected chi connectivity index (χ3v) is 1.99. The zero-order valence-corrected chi connectivity index (χ0v) is 7.71. The van der Waals surface area contributed by atoms with Crippen molar-refractivity contribution < 1.29 is 9.53 Å². The molecule has 1 saturated heterocycles. The van der Waals surface area contributed by atoms with Crippen LogP contribution < -0.4 is 16.4 Å². The van der Waals surface area contributed by atoms with E-state index in [2.05, 4.69) is 10.6 Å². The molecule has 1 heterocycles. The van der Waals surface area contributed by atoms with Crippen molar-refractivity contribution in [2.24, 2.45) is 5.73 Å². The van der Waals surface area contributed by atoms with Crippen LogP contribution in [-0.4, -0.2) is 38.4 Å². The average molecular weight is 187 g/mol. The molecule has 0 radical (unpaired) electrons. The van der Waals surface area contributed by atoms with E-state index in [0.29, 0.717) is 13.1 Å². The minimum Gasteiger partial charge on any atom is -0.381 e. The van der Waals surface area contributed by atoms with Crippen LogP contribution in [0.1, 0.15) is 12.8 Å². The Hall–Kier alpha value is -0.810. The monoisotopic (exact) mass is 187 g/mol. The van der Waals surface area contributed by atoms with Crippen LogP contribution in [0.5, 0.6) is 0 Å². The summed E-state index contributed by atoms with van der Waals surface area (Å²) >= 11 is 0. The molecular weight excluding hydrogens is 170 g/mol. The lowest BCUT2D eigenvalue weighted by molar-refractivity contribution is 0.0801. The van der Waals surface area contributed by atoms with Gasteiger partial charge in [0, 0.05) is 32.3 Å². The van der Waals surface area contributed by atoms with Gasteiger partial charge in [0.25, 0.3) is 0 Å². The van der Waals surface area contributed by atoms with Crippen molar-refractivity contribution in [3.05, 3.63) is 0 Å². The van der Waals surface area contributed by atoms with Gasteiger partial charge < -0.3 is 21.1 Å². The molecule has 1 aliphatic rings. The van der Waals surface area contributed by atoms with Crippen molar-refractivity contribution in [1.29, 1.82) is 0 Å². The Kier molecular flexibility index (Phi) is 4.56. The Morgan fingerprint density at radius 1 is 1.46 bits per heavy atom. The van der Waals surface area contributed by atoms with Crippen molar-refractivity contribution in [2.75, 3.05) is 26.3 Å². The molecule has 0 atom stereocenters. The second kappa shape index (κ2) is 5.77. The van der Waals surface area contributed by atoms with Crippen LogP contribution in [0.2, 0.25) is 0 Å². The van der Waals surface area contributed by atoms with Gasteiger partial charge in [-0.2, -0.15) is 0 Å². The van der Waals surface area contributed by atoms with E-state index >= 15 is 0 Å². The summed E-state index contributed by atoms with van der Waals surface area (Å²) in [4.78, 5) is 11.2. The highest BCUT2D eigenvalue weighted by Crippen LogP contribution is 2.05. The van der Waals surface area contributed by atoms with Gasteiger partial charge >= 0.3 is 6.03 Å². The summed E-state index contributed by atoms with van der Waals surface area (Å²) in [6.45, 7) is 2.47. The number of hydrogen-bond acceptors (Lipinski definition) is 3. The second-order valence-corrected chi connectivity index (χ2v) is 3.08. The van der Waals surface area contributed by atoms with Crippen molar-refractivity contribution >= 4 is 6.03 Å². The Balaban J connectivity index is 2.11. The number of urea groups is 1. The Bertz CT molecular complexity index is 157. The maximum Gasteiger partial charge on any atom is 0.315 e. The normalized spacial score (nSPS) is 18.2. The first kappa shape index (κ1) is 10.3. The zero-order chi connectivity index (χ0) is 9.52. The van der Waals surface area contributed by atoms with Crippen LogP contribution in [0.3, 0.4) is 0 Å². The van der Waals surface area contributed by atoms with E-state index in [0.717, 1.165) is 26.1 Å². The number of amides is 2. The van der Waals surface area contributed by atoms with Crippen LogP contribution in [0.15, 0.2) is 0 Å². The molecule has 0 aromatic carbocycles. The highest BCUT2D eigenvalue weighted by molar-refractivity contribution is 5.74. The maximum atomic E-state index is 11.2. The molecule has 13 heavy (non-hydrogen) atoms. The number of ether oxygens (including phenoxy) is 1. The lowest BCUT2D eigenvalue weighted by Crippen LogP contribution is -2.45. The molecule has 0 aliphatic carbocycles. The van der Waals surface area contributed by atoms with Gasteiger partial charge in [-0.3, -0.25) is 0 Å². The number of nitrogens with one attached hydrogen (secondary N) is 2. The van der Waals surface area contributed by atoms with Gasteiger partial charge in [0.15, 0.2) is 0 Å². The first-order chi connectivity index (χ1) is 6.33. The molecule has 1 fully saturated rings. The predicted octanol–water partition coefficient (Wildman–Crippen LogP) is -0.577.